The summed E-state index contributed by atoms with van der Waals surface area (Å²) in [6, 6.07) is 15.5. The van der Waals surface area contributed by atoms with Gasteiger partial charge in [-0.1, -0.05) is 36.4 Å². The van der Waals surface area contributed by atoms with E-state index in [0.29, 0.717) is 24.6 Å². The van der Waals surface area contributed by atoms with Crippen molar-refractivity contribution >= 4 is 5.91 Å². The highest BCUT2D eigenvalue weighted by molar-refractivity contribution is 5.89. The second kappa shape index (κ2) is 7.26. The van der Waals surface area contributed by atoms with Gasteiger partial charge >= 0.3 is 11.8 Å². The van der Waals surface area contributed by atoms with Gasteiger partial charge in [0.2, 0.25) is 12.7 Å². The van der Waals surface area contributed by atoms with Crippen molar-refractivity contribution < 1.29 is 18.7 Å². The van der Waals surface area contributed by atoms with E-state index >= 15 is 0 Å². The molecule has 0 fully saturated rings. The van der Waals surface area contributed by atoms with Gasteiger partial charge in [-0.15, -0.1) is 10.2 Å². The van der Waals surface area contributed by atoms with Crippen molar-refractivity contribution in [3.05, 3.63) is 71.4 Å². The lowest BCUT2D eigenvalue weighted by Gasteiger charge is -2.02. The van der Waals surface area contributed by atoms with Crippen LogP contribution in [0.4, 0.5) is 0 Å². The second-order valence-electron chi connectivity index (χ2n) is 5.86. The van der Waals surface area contributed by atoms with Gasteiger partial charge in [-0.3, -0.25) is 4.79 Å². The number of rotatable bonds is 6. The molecule has 0 saturated heterocycles. The molecule has 1 N–H and O–H groups in total. The number of nitrogens with one attached hydrogen (secondary N) is 1. The highest BCUT2D eigenvalue weighted by atomic mass is 16.7. The predicted octanol–water partition coefficient (Wildman–Crippen LogP) is 2.36. The van der Waals surface area contributed by atoms with Crippen molar-refractivity contribution in [3.8, 4) is 11.5 Å². The van der Waals surface area contributed by atoms with Crippen LogP contribution >= 0.6 is 0 Å². The molecule has 0 saturated carbocycles. The molecule has 2 heterocycles. The Bertz CT molecular complexity index is 908. The molecule has 0 spiro atoms. The average Bonchev–Trinajstić information content (AvgIpc) is 3.31. The standard InChI is InChI=1S/C19H17N3O4/c23-18(20-9-8-13-4-2-1-3-5-13)19-22-21-17(26-19)11-14-6-7-15-16(10-14)25-12-24-15/h1-7,10H,8-9,11-12H2,(H,20,23). The fourth-order valence-corrected chi connectivity index (χ4v) is 2.68. The molecule has 0 radical (unpaired) electrons. The molecule has 0 unspecified atom stereocenters. The van der Waals surface area contributed by atoms with Gasteiger partial charge in [0.25, 0.3) is 0 Å². The van der Waals surface area contributed by atoms with Crippen molar-refractivity contribution in [2.75, 3.05) is 13.3 Å². The van der Waals surface area contributed by atoms with E-state index in [1.807, 2.05) is 48.5 Å². The normalized spacial score (nSPS) is 12.2. The van der Waals surface area contributed by atoms with Crippen LogP contribution < -0.4 is 14.8 Å². The van der Waals surface area contributed by atoms with Gasteiger partial charge in [-0.05, 0) is 29.7 Å². The van der Waals surface area contributed by atoms with E-state index < -0.39 is 0 Å². The fourth-order valence-electron chi connectivity index (χ4n) is 2.68. The van der Waals surface area contributed by atoms with Gasteiger partial charge < -0.3 is 19.2 Å². The van der Waals surface area contributed by atoms with Gasteiger partial charge in [-0.25, -0.2) is 0 Å². The van der Waals surface area contributed by atoms with Crippen molar-refractivity contribution in [2.24, 2.45) is 0 Å². The molecular weight excluding hydrogens is 334 g/mol. The third kappa shape index (κ3) is 3.66. The van der Waals surface area contributed by atoms with E-state index in [1.54, 1.807) is 0 Å². The Hall–Kier alpha value is -3.35. The lowest BCUT2D eigenvalue weighted by atomic mass is 10.1. The molecule has 1 aliphatic rings. The summed E-state index contributed by atoms with van der Waals surface area (Å²) in [6.45, 7) is 0.732. The van der Waals surface area contributed by atoms with E-state index in [4.69, 9.17) is 13.9 Å². The van der Waals surface area contributed by atoms with Crippen molar-refractivity contribution in [3.63, 3.8) is 0 Å². The van der Waals surface area contributed by atoms with E-state index in [9.17, 15) is 4.79 Å². The molecule has 7 heteroatoms. The summed E-state index contributed by atoms with van der Waals surface area (Å²) >= 11 is 0. The van der Waals surface area contributed by atoms with Gasteiger partial charge in [0.15, 0.2) is 11.5 Å². The van der Waals surface area contributed by atoms with Crippen molar-refractivity contribution in [1.29, 1.82) is 0 Å². The first-order valence-electron chi connectivity index (χ1n) is 8.31. The van der Waals surface area contributed by atoms with Crippen LogP contribution in [0.1, 0.15) is 27.7 Å². The number of amides is 1. The maximum Gasteiger partial charge on any atom is 0.308 e. The highest BCUT2D eigenvalue weighted by Crippen LogP contribution is 2.32. The Balaban J connectivity index is 1.33. The van der Waals surface area contributed by atoms with Gasteiger partial charge in [0, 0.05) is 6.54 Å². The Morgan fingerprint density at radius 2 is 1.85 bits per heavy atom. The number of ether oxygens (including phenoxy) is 2. The first kappa shape index (κ1) is 16.1. The van der Waals surface area contributed by atoms with E-state index in [0.717, 1.165) is 23.3 Å². The SMILES string of the molecule is O=C(NCCc1ccccc1)c1nnc(Cc2ccc3c(c2)OCO3)o1. The number of aromatic nitrogens is 2. The van der Waals surface area contributed by atoms with E-state index in [2.05, 4.69) is 15.5 Å². The van der Waals surface area contributed by atoms with E-state index in [1.165, 1.54) is 0 Å². The summed E-state index contributed by atoms with van der Waals surface area (Å²) in [5, 5.41) is 10.6. The topological polar surface area (TPSA) is 86.5 Å². The number of fused-ring (bicyclic) bond motifs is 1. The first-order chi connectivity index (χ1) is 12.8. The number of carbonyl (C=O) groups excluding carboxylic acids is 1. The highest BCUT2D eigenvalue weighted by Gasteiger charge is 2.17. The second-order valence-corrected chi connectivity index (χ2v) is 5.86. The van der Waals surface area contributed by atoms with Crippen LogP contribution in [-0.4, -0.2) is 29.4 Å². The third-order valence-corrected chi connectivity index (χ3v) is 4.00. The van der Waals surface area contributed by atoms with Crippen LogP contribution in [0.25, 0.3) is 0 Å². The van der Waals surface area contributed by atoms with Crippen molar-refractivity contribution in [2.45, 2.75) is 12.8 Å². The van der Waals surface area contributed by atoms with Crippen LogP contribution in [0, 0.1) is 0 Å². The van der Waals surface area contributed by atoms with Crippen LogP contribution in [-0.2, 0) is 12.8 Å². The van der Waals surface area contributed by atoms with Gasteiger partial charge in [0.1, 0.15) is 0 Å². The maximum absolute atomic E-state index is 12.1. The monoisotopic (exact) mass is 351 g/mol. The predicted molar refractivity (Wildman–Crippen MR) is 92.1 cm³/mol. The third-order valence-electron chi connectivity index (χ3n) is 4.00. The molecule has 1 amide bonds. The van der Waals surface area contributed by atoms with Gasteiger partial charge in [0.05, 0.1) is 6.42 Å². The maximum atomic E-state index is 12.1. The summed E-state index contributed by atoms with van der Waals surface area (Å²) in [5.41, 5.74) is 2.09. The molecule has 7 nitrogen and oxygen atoms in total. The molecule has 2 aromatic carbocycles. The lowest BCUT2D eigenvalue weighted by molar-refractivity contribution is 0.0918. The molecular formula is C19H17N3O4. The number of nitrogens with zero attached hydrogens (tertiary/aromatic N) is 2. The molecule has 1 aromatic heterocycles. The zero-order valence-electron chi connectivity index (χ0n) is 14.0. The molecule has 26 heavy (non-hydrogen) atoms. The summed E-state index contributed by atoms with van der Waals surface area (Å²) < 4.78 is 16.1. The minimum absolute atomic E-state index is 0.0335. The quantitative estimate of drug-likeness (QED) is 0.734. The minimum Gasteiger partial charge on any atom is -0.454 e. The van der Waals surface area contributed by atoms with Crippen LogP contribution in [0.5, 0.6) is 11.5 Å². The largest absolute Gasteiger partial charge is 0.454 e. The smallest absolute Gasteiger partial charge is 0.308 e. The molecule has 132 valence electrons. The first-order valence-corrected chi connectivity index (χ1v) is 8.31. The van der Waals surface area contributed by atoms with Crippen molar-refractivity contribution in [1.82, 2.24) is 15.5 Å². The summed E-state index contributed by atoms with van der Waals surface area (Å²) in [5.74, 6) is 1.38. The fraction of sp³-hybridized carbons (Fsp3) is 0.211. The Kier molecular flexibility index (Phi) is 4.51. The zero-order valence-corrected chi connectivity index (χ0v) is 14.0. The minimum atomic E-state index is -0.370. The Morgan fingerprint density at radius 3 is 2.73 bits per heavy atom. The zero-order chi connectivity index (χ0) is 17.8. The molecule has 0 bridgehead atoms. The number of carbonyl (C=O) groups is 1. The number of benzene rings is 2. The molecule has 4 rings (SSSR count). The molecule has 0 atom stereocenters. The molecule has 3 aromatic rings. The van der Waals surface area contributed by atoms with Crippen LogP contribution in [0.3, 0.4) is 0 Å². The van der Waals surface area contributed by atoms with Crippen LogP contribution in [0.15, 0.2) is 52.9 Å². The summed E-state index contributed by atoms with van der Waals surface area (Å²) in [7, 11) is 0. The molecule has 1 aliphatic heterocycles. The Labute approximate surface area is 150 Å². The average molecular weight is 351 g/mol. The number of hydrogen-bond donors (Lipinski definition) is 1. The lowest BCUT2D eigenvalue weighted by Crippen LogP contribution is -2.26. The summed E-state index contributed by atoms with van der Waals surface area (Å²) in [6.07, 6.45) is 1.16. The van der Waals surface area contributed by atoms with Crippen LogP contribution in [0.2, 0.25) is 0 Å². The van der Waals surface area contributed by atoms with E-state index in [-0.39, 0.29) is 18.6 Å². The Morgan fingerprint density at radius 1 is 1.00 bits per heavy atom. The summed E-state index contributed by atoms with van der Waals surface area (Å²) in [4.78, 5) is 12.1. The number of hydrogen-bond acceptors (Lipinski definition) is 6. The molecule has 0 aliphatic carbocycles. The van der Waals surface area contributed by atoms with Gasteiger partial charge in [-0.2, -0.15) is 0 Å².